The molecule has 6 heteroatoms. The van der Waals surface area contributed by atoms with Gasteiger partial charge in [-0.2, -0.15) is 4.98 Å². The van der Waals surface area contributed by atoms with Crippen LogP contribution in [-0.2, 0) is 6.54 Å². The van der Waals surface area contributed by atoms with Crippen molar-refractivity contribution >= 4 is 27.5 Å². The average Bonchev–Trinajstić information content (AvgIpc) is 2.78. The molecule has 1 aromatic heterocycles. The second-order valence-electron chi connectivity index (χ2n) is 3.42. The summed E-state index contributed by atoms with van der Waals surface area (Å²) >= 11 is 9.46. The number of halogens is 2. The van der Waals surface area contributed by atoms with E-state index in [0.717, 1.165) is 16.6 Å². The van der Waals surface area contributed by atoms with Crippen LogP contribution in [-0.4, -0.2) is 16.7 Å². The minimum absolute atomic E-state index is 0.434. The molecule has 0 amide bonds. The van der Waals surface area contributed by atoms with E-state index in [1.807, 2.05) is 19.1 Å². The van der Waals surface area contributed by atoms with Gasteiger partial charge in [-0.1, -0.05) is 39.6 Å². The molecule has 1 heterocycles. The highest BCUT2D eigenvalue weighted by molar-refractivity contribution is 9.10. The van der Waals surface area contributed by atoms with Crippen molar-refractivity contribution in [1.82, 2.24) is 15.5 Å². The molecule has 0 aliphatic heterocycles. The van der Waals surface area contributed by atoms with Crippen molar-refractivity contribution in [3.63, 3.8) is 0 Å². The molecule has 1 aromatic carbocycles. The first-order valence-corrected chi connectivity index (χ1v) is 6.36. The van der Waals surface area contributed by atoms with Gasteiger partial charge in [-0.3, -0.25) is 0 Å². The number of aromatic nitrogens is 2. The lowest BCUT2D eigenvalue weighted by atomic mass is 10.2. The van der Waals surface area contributed by atoms with Crippen molar-refractivity contribution in [1.29, 1.82) is 0 Å². The highest BCUT2D eigenvalue weighted by atomic mass is 79.9. The maximum atomic E-state index is 6.08. The first-order chi connectivity index (χ1) is 8.20. The minimum atomic E-state index is 0.434. The Labute approximate surface area is 112 Å². The Hall–Kier alpha value is -0.910. The topological polar surface area (TPSA) is 51.0 Å². The van der Waals surface area contributed by atoms with Gasteiger partial charge in [0.1, 0.15) is 0 Å². The van der Waals surface area contributed by atoms with Crippen LogP contribution in [0.15, 0.2) is 27.2 Å². The molecule has 0 bridgehead atoms. The van der Waals surface area contributed by atoms with Gasteiger partial charge in [0.05, 0.1) is 17.1 Å². The Kier molecular flexibility index (Phi) is 4.15. The third kappa shape index (κ3) is 3.06. The third-order valence-corrected chi connectivity index (χ3v) is 2.98. The van der Waals surface area contributed by atoms with E-state index >= 15 is 0 Å². The summed E-state index contributed by atoms with van der Waals surface area (Å²) in [6.45, 7) is 3.47. The molecule has 0 radical (unpaired) electrons. The van der Waals surface area contributed by atoms with Crippen molar-refractivity contribution in [2.75, 3.05) is 6.54 Å². The lowest BCUT2D eigenvalue weighted by Gasteiger charge is -1.98. The molecule has 2 rings (SSSR count). The van der Waals surface area contributed by atoms with Gasteiger partial charge in [0.15, 0.2) is 5.82 Å². The Balaban J connectivity index is 2.27. The van der Waals surface area contributed by atoms with Crippen molar-refractivity contribution in [2.45, 2.75) is 13.5 Å². The van der Waals surface area contributed by atoms with Crippen molar-refractivity contribution in [3.8, 4) is 11.5 Å². The molecule has 0 aliphatic carbocycles. The molecule has 0 atom stereocenters. The summed E-state index contributed by atoms with van der Waals surface area (Å²) in [7, 11) is 0. The first kappa shape index (κ1) is 12.5. The number of nitrogens with zero attached hydrogens (tertiary/aromatic N) is 2. The Morgan fingerprint density at radius 3 is 3.06 bits per heavy atom. The monoisotopic (exact) mass is 315 g/mol. The van der Waals surface area contributed by atoms with Crippen LogP contribution >= 0.6 is 27.5 Å². The van der Waals surface area contributed by atoms with Crippen LogP contribution in [0.5, 0.6) is 0 Å². The van der Waals surface area contributed by atoms with Gasteiger partial charge < -0.3 is 9.84 Å². The van der Waals surface area contributed by atoms with E-state index in [9.17, 15) is 0 Å². The zero-order valence-corrected chi connectivity index (χ0v) is 11.5. The quantitative estimate of drug-likeness (QED) is 0.940. The Morgan fingerprint density at radius 2 is 2.29 bits per heavy atom. The summed E-state index contributed by atoms with van der Waals surface area (Å²) < 4.78 is 6.10. The van der Waals surface area contributed by atoms with Crippen LogP contribution in [0.1, 0.15) is 12.7 Å². The normalized spacial score (nSPS) is 10.8. The van der Waals surface area contributed by atoms with Gasteiger partial charge in [0, 0.05) is 4.47 Å². The number of hydrogen-bond acceptors (Lipinski definition) is 4. The SMILES string of the molecule is CCNCc1noc(-c2cc(Br)ccc2Cl)n1. The third-order valence-electron chi connectivity index (χ3n) is 2.16. The number of benzene rings is 1. The van der Waals surface area contributed by atoms with Crippen molar-refractivity contribution < 1.29 is 4.52 Å². The fraction of sp³-hybridized carbons (Fsp3) is 0.273. The van der Waals surface area contributed by atoms with Gasteiger partial charge in [0.25, 0.3) is 5.89 Å². The van der Waals surface area contributed by atoms with Crippen molar-refractivity contribution in [3.05, 3.63) is 33.5 Å². The number of hydrogen-bond donors (Lipinski definition) is 1. The van der Waals surface area contributed by atoms with Crippen LogP contribution in [0.25, 0.3) is 11.5 Å². The zero-order chi connectivity index (χ0) is 12.3. The molecule has 90 valence electrons. The molecule has 0 unspecified atom stereocenters. The van der Waals surface area contributed by atoms with Crippen LogP contribution in [0.4, 0.5) is 0 Å². The highest BCUT2D eigenvalue weighted by Gasteiger charge is 2.12. The van der Waals surface area contributed by atoms with Crippen LogP contribution in [0.3, 0.4) is 0 Å². The molecule has 4 nitrogen and oxygen atoms in total. The maximum absolute atomic E-state index is 6.08. The fourth-order valence-electron chi connectivity index (χ4n) is 1.33. The zero-order valence-electron chi connectivity index (χ0n) is 9.20. The summed E-state index contributed by atoms with van der Waals surface area (Å²) in [5.74, 6) is 1.06. The van der Waals surface area contributed by atoms with Gasteiger partial charge in [-0.15, -0.1) is 0 Å². The summed E-state index contributed by atoms with van der Waals surface area (Å²) in [6, 6.07) is 5.50. The van der Waals surface area contributed by atoms with E-state index in [0.29, 0.717) is 23.3 Å². The van der Waals surface area contributed by atoms with Crippen LogP contribution in [0, 0.1) is 0 Å². The molecular weight excluding hydrogens is 305 g/mol. The van der Waals surface area contributed by atoms with Gasteiger partial charge >= 0.3 is 0 Å². The Bertz CT molecular complexity index is 515. The van der Waals surface area contributed by atoms with Gasteiger partial charge in [0.2, 0.25) is 0 Å². The summed E-state index contributed by atoms with van der Waals surface area (Å²) in [5.41, 5.74) is 0.733. The number of rotatable bonds is 4. The molecule has 0 spiro atoms. The summed E-state index contributed by atoms with van der Waals surface area (Å²) in [4.78, 5) is 4.27. The van der Waals surface area contributed by atoms with E-state index < -0.39 is 0 Å². The molecule has 17 heavy (non-hydrogen) atoms. The summed E-state index contributed by atoms with van der Waals surface area (Å²) in [5, 5.41) is 7.60. The van der Waals surface area contributed by atoms with E-state index in [1.165, 1.54) is 0 Å². The summed E-state index contributed by atoms with van der Waals surface area (Å²) in [6.07, 6.45) is 0. The van der Waals surface area contributed by atoms with Crippen molar-refractivity contribution in [2.24, 2.45) is 0 Å². The van der Waals surface area contributed by atoms with Gasteiger partial charge in [-0.25, -0.2) is 0 Å². The van der Waals surface area contributed by atoms with E-state index in [2.05, 4.69) is 31.4 Å². The molecule has 0 saturated heterocycles. The lowest BCUT2D eigenvalue weighted by Crippen LogP contribution is -2.12. The smallest absolute Gasteiger partial charge is 0.259 e. The second-order valence-corrected chi connectivity index (χ2v) is 4.74. The van der Waals surface area contributed by atoms with Crippen LogP contribution < -0.4 is 5.32 Å². The predicted octanol–water partition coefficient (Wildman–Crippen LogP) is 3.26. The average molecular weight is 317 g/mol. The molecule has 2 aromatic rings. The second kappa shape index (κ2) is 5.62. The first-order valence-electron chi connectivity index (χ1n) is 5.19. The highest BCUT2D eigenvalue weighted by Crippen LogP contribution is 2.29. The lowest BCUT2D eigenvalue weighted by molar-refractivity contribution is 0.420. The minimum Gasteiger partial charge on any atom is -0.334 e. The van der Waals surface area contributed by atoms with Crippen LogP contribution in [0.2, 0.25) is 5.02 Å². The maximum Gasteiger partial charge on any atom is 0.259 e. The predicted molar refractivity (Wildman–Crippen MR) is 69.8 cm³/mol. The standard InChI is InChI=1S/C11H11BrClN3O/c1-2-14-6-10-15-11(17-16-10)8-5-7(12)3-4-9(8)13/h3-5,14H,2,6H2,1H3. The molecule has 0 aliphatic rings. The Morgan fingerprint density at radius 1 is 1.47 bits per heavy atom. The molecule has 0 fully saturated rings. The number of nitrogens with one attached hydrogen (secondary N) is 1. The van der Waals surface area contributed by atoms with E-state index in [-0.39, 0.29) is 0 Å². The largest absolute Gasteiger partial charge is 0.334 e. The molecule has 0 saturated carbocycles. The molecular formula is C11H11BrClN3O. The van der Waals surface area contributed by atoms with E-state index in [1.54, 1.807) is 6.07 Å². The fourth-order valence-corrected chi connectivity index (χ4v) is 1.89. The van der Waals surface area contributed by atoms with Gasteiger partial charge in [-0.05, 0) is 24.7 Å². The van der Waals surface area contributed by atoms with E-state index in [4.69, 9.17) is 16.1 Å². The molecule has 1 N–H and O–H groups in total.